The largest absolute Gasteiger partial charge is 0.477 e. The topological polar surface area (TPSA) is 93.8 Å². The SMILES string of the molecule is CC(=O)Oc1ccc2c(C)cc(=O)oc2c1C(=O)O. The molecule has 0 bridgehead atoms. The van der Waals surface area contributed by atoms with Gasteiger partial charge in [-0.25, -0.2) is 9.59 Å². The number of aryl methyl sites for hydroxylation is 1. The van der Waals surface area contributed by atoms with E-state index in [0.717, 1.165) is 6.92 Å². The number of benzene rings is 1. The van der Waals surface area contributed by atoms with Crippen molar-refractivity contribution in [3.05, 3.63) is 39.7 Å². The molecule has 6 nitrogen and oxygen atoms in total. The summed E-state index contributed by atoms with van der Waals surface area (Å²) >= 11 is 0. The second kappa shape index (κ2) is 4.56. The molecule has 2 aromatic rings. The number of fused-ring (bicyclic) bond motifs is 1. The zero-order valence-electron chi connectivity index (χ0n) is 10.2. The van der Waals surface area contributed by atoms with Crippen LogP contribution in [0, 0.1) is 6.92 Å². The Labute approximate surface area is 107 Å². The van der Waals surface area contributed by atoms with Crippen molar-refractivity contribution in [1.29, 1.82) is 0 Å². The molecule has 98 valence electrons. The molecule has 1 N–H and O–H groups in total. The van der Waals surface area contributed by atoms with E-state index in [9.17, 15) is 19.5 Å². The van der Waals surface area contributed by atoms with Crippen LogP contribution in [0.1, 0.15) is 22.8 Å². The average Bonchev–Trinajstić information content (AvgIpc) is 2.26. The fourth-order valence-electron chi connectivity index (χ4n) is 1.81. The van der Waals surface area contributed by atoms with Crippen molar-refractivity contribution < 1.29 is 23.8 Å². The standard InChI is InChI=1S/C13H10O6/c1-6-5-10(15)19-12-8(6)3-4-9(18-7(2)14)11(12)13(16)17/h3-5H,1-2H3,(H,16,17). The van der Waals surface area contributed by atoms with Crippen molar-refractivity contribution in [2.75, 3.05) is 0 Å². The van der Waals surface area contributed by atoms with Crippen LogP contribution >= 0.6 is 0 Å². The molecule has 1 aromatic heterocycles. The van der Waals surface area contributed by atoms with Gasteiger partial charge in [0.05, 0.1) is 0 Å². The third kappa shape index (κ3) is 2.33. The monoisotopic (exact) mass is 262 g/mol. The zero-order valence-corrected chi connectivity index (χ0v) is 10.2. The van der Waals surface area contributed by atoms with Crippen molar-refractivity contribution in [3.8, 4) is 5.75 Å². The number of carbonyl (C=O) groups excluding carboxylic acids is 1. The summed E-state index contributed by atoms with van der Waals surface area (Å²) in [7, 11) is 0. The van der Waals surface area contributed by atoms with Crippen LogP contribution in [0.3, 0.4) is 0 Å². The summed E-state index contributed by atoms with van der Waals surface area (Å²) in [5, 5.41) is 9.68. The summed E-state index contributed by atoms with van der Waals surface area (Å²) in [6, 6.07) is 4.16. The predicted molar refractivity (Wildman–Crippen MR) is 65.5 cm³/mol. The molecule has 1 aromatic carbocycles. The molecule has 0 saturated heterocycles. The van der Waals surface area contributed by atoms with Gasteiger partial charge in [-0.05, 0) is 24.6 Å². The predicted octanol–water partition coefficient (Wildman–Crippen LogP) is 1.72. The first-order valence-electron chi connectivity index (χ1n) is 5.39. The first-order valence-corrected chi connectivity index (χ1v) is 5.39. The Morgan fingerprint density at radius 2 is 2.00 bits per heavy atom. The Kier molecular flexibility index (Phi) is 3.08. The fraction of sp³-hybridized carbons (Fsp3) is 0.154. The highest BCUT2D eigenvalue weighted by atomic mass is 16.5. The maximum atomic E-state index is 11.3. The highest BCUT2D eigenvalue weighted by molar-refractivity contribution is 6.04. The minimum atomic E-state index is -1.34. The Morgan fingerprint density at radius 3 is 2.58 bits per heavy atom. The molecule has 2 rings (SSSR count). The number of carboxylic acids is 1. The lowest BCUT2D eigenvalue weighted by molar-refractivity contribution is -0.131. The summed E-state index contributed by atoms with van der Waals surface area (Å²) in [5.41, 5.74) is -0.514. The highest BCUT2D eigenvalue weighted by Gasteiger charge is 2.20. The molecular formula is C13H10O6. The van der Waals surface area contributed by atoms with Gasteiger partial charge in [0.2, 0.25) is 0 Å². The van der Waals surface area contributed by atoms with Crippen LogP contribution in [0.2, 0.25) is 0 Å². The molecule has 0 saturated carbocycles. The van der Waals surface area contributed by atoms with Gasteiger partial charge in [0.1, 0.15) is 11.3 Å². The summed E-state index contributed by atoms with van der Waals surface area (Å²) in [6.45, 7) is 2.82. The van der Waals surface area contributed by atoms with E-state index in [1.807, 2.05) is 0 Å². The van der Waals surface area contributed by atoms with Crippen LogP contribution < -0.4 is 10.4 Å². The van der Waals surface area contributed by atoms with Crippen LogP contribution in [0.15, 0.2) is 27.4 Å². The van der Waals surface area contributed by atoms with Crippen LogP contribution in [0.5, 0.6) is 5.75 Å². The van der Waals surface area contributed by atoms with Gasteiger partial charge >= 0.3 is 17.6 Å². The average molecular weight is 262 g/mol. The molecule has 0 radical (unpaired) electrons. The van der Waals surface area contributed by atoms with Crippen LogP contribution in [-0.2, 0) is 4.79 Å². The van der Waals surface area contributed by atoms with E-state index in [1.165, 1.54) is 12.1 Å². The van der Waals surface area contributed by atoms with Crippen LogP contribution in [0.4, 0.5) is 0 Å². The molecule has 0 unspecified atom stereocenters. The van der Waals surface area contributed by atoms with Crippen LogP contribution in [-0.4, -0.2) is 17.0 Å². The third-order valence-corrected chi connectivity index (χ3v) is 2.55. The Balaban J connectivity index is 2.87. The fourth-order valence-corrected chi connectivity index (χ4v) is 1.81. The molecule has 0 amide bonds. The number of rotatable bonds is 2. The highest BCUT2D eigenvalue weighted by Crippen LogP contribution is 2.29. The van der Waals surface area contributed by atoms with Gasteiger partial charge in [0.25, 0.3) is 0 Å². The normalized spacial score (nSPS) is 10.4. The number of hydrogen-bond donors (Lipinski definition) is 1. The van der Waals surface area contributed by atoms with Crippen LogP contribution in [0.25, 0.3) is 11.0 Å². The molecule has 0 fully saturated rings. The van der Waals surface area contributed by atoms with Crippen molar-refractivity contribution >= 4 is 22.9 Å². The summed E-state index contributed by atoms with van der Waals surface area (Å²) in [6.07, 6.45) is 0. The third-order valence-electron chi connectivity index (χ3n) is 2.55. The van der Waals surface area contributed by atoms with Crippen molar-refractivity contribution in [1.82, 2.24) is 0 Å². The first kappa shape index (κ1) is 12.8. The molecule has 6 heteroatoms. The lowest BCUT2D eigenvalue weighted by Gasteiger charge is -2.08. The Bertz CT molecular complexity index is 741. The smallest absolute Gasteiger partial charge is 0.343 e. The quantitative estimate of drug-likeness (QED) is 0.503. The Morgan fingerprint density at radius 1 is 1.32 bits per heavy atom. The lowest BCUT2D eigenvalue weighted by atomic mass is 10.1. The second-order valence-corrected chi connectivity index (χ2v) is 3.96. The maximum absolute atomic E-state index is 11.3. The number of carboxylic acid groups (broad SMARTS) is 1. The summed E-state index contributed by atoms with van der Waals surface area (Å²) in [5.74, 6) is -2.14. The minimum absolute atomic E-state index is 0.101. The molecule has 0 aliphatic carbocycles. The molecule has 0 spiro atoms. The number of ether oxygens (including phenoxy) is 1. The second-order valence-electron chi connectivity index (χ2n) is 3.96. The molecule has 1 heterocycles. The molecule has 0 aliphatic rings. The van der Waals surface area contributed by atoms with E-state index in [2.05, 4.69) is 0 Å². The van der Waals surface area contributed by atoms with Gasteiger partial charge in [-0.2, -0.15) is 0 Å². The maximum Gasteiger partial charge on any atom is 0.343 e. The van der Waals surface area contributed by atoms with Gasteiger partial charge in [-0.3, -0.25) is 4.79 Å². The number of carbonyl (C=O) groups is 2. The molecule has 0 atom stereocenters. The van der Waals surface area contributed by atoms with E-state index < -0.39 is 17.6 Å². The van der Waals surface area contributed by atoms with E-state index >= 15 is 0 Å². The van der Waals surface area contributed by atoms with E-state index in [4.69, 9.17) is 9.15 Å². The minimum Gasteiger partial charge on any atom is -0.477 e. The lowest BCUT2D eigenvalue weighted by Crippen LogP contribution is -2.09. The summed E-state index contributed by atoms with van der Waals surface area (Å²) in [4.78, 5) is 33.6. The van der Waals surface area contributed by atoms with E-state index in [0.29, 0.717) is 10.9 Å². The van der Waals surface area contributed by atoms with Gasteiger partial charge in [-0.1, -0.05) is 0 Å². The number of aromatic carboxylic acids is 1. The first-order chi connectivity index (χ1) is 8.90. The van der Waals surface area contributed by atoms with Gasteiger partial charge in [0, 0.05) is 18.4 Å². The van der Waals surface area contributed by atoms with Crippen molar-refractivity contribution in [3.63, 3.8) is 0 Å². The molecule has 19 heavy (non-hydrogen) atoms. The number of hydrogen-bond acceptors (Lipinski definition) is 5. The van der Waals surface area contributed by atoms with Gasteiger partial charge in [0.15, 0.2) is 5.58 Å². The molecular weight excluding hydrogens is 252 g/mol. The summed E-state index contributed by atoms with van der Waals surface area (Å²) < 4.78 is 9.74. The zero-order chi connectivity index (χ0) is 14.2. The van der Waals surface area contributed by atoms with Gasteiger partial charge < -0.3 is 14.3 Å². The van der Waals surface area contributed by atoms with E-state index in [-0.39, 0.29) is 16.9 Å². The Hall–Kier alpha value is -2.63. The van der Waals surface area contributed by atoms with E-state index in [1.54, 1.807) is 13.0 Å². The van der Waals surface area contributed by atoms with Gasteiger partial charge in [-0.15, -0.1) is 0 Å². The number of esters is 1. The van der Waals surface area contributed by atoms with Crippen molar-refractivity contribution in [2.45, 2.75) is 13.8 Å². The molecule has 0 aliphatic heterocycles. The van der Waals surface area contributed by atoms with Crippen molar-refractivity contribution in [2.24, 2.45) is 0 Å².